The first-order chi connectivity index (χ1) is 8.85. The predicted molar refractivity (Wildman–Crippen MR) is 70.9 cm³/mol. The first-order valence-electron chi connectivity index (χ1n) is 6.40. The normalized spacial score (nSPS) is 10.8. The van der Waals surface area contributed by atoms with Gasteiger partial charge in [-0.1, -0.05) is 31.2 Å². The lowest BCUT2D eigenvalue weighted by atomic mass is 10.1. The average Bonchev–Trinajstić information content (AvgIpc) is 2.88. The fourth-order valence-corrected chi connectivity index (χ4v) is 1.86. The summed E-state index contributed by atoms with van der Waals surface area (Å²) in [4.78, 5) is 0. The molecule has 0 saturated heterocycles. The van der Waals surface area contributed by atoms with Crippen LogP contribution in [-0.4, -0.2) is 26.8 Å². The number of nitrogens with zero attached hydrogens (tertiary/aromatic N) is 4. The Bertz CT molecular complexity index is 474. The quantitative estimate of drug-likeness (QED) is 0.785. The smallest absolute Gasteiger partial charge is 0.182 e. The molecule has 2 N–H and O–H groups in total. The summed E-state index contributed by atoms with van der Waals surface area (Å²) in [5.74, 6) is 0.828. The number of aromatic nitrogens is 4. The number of hydrogen-bond donors (Lipinski definition) is 1. The van der Waals surface area contributed by atoms with Crippen LogP contribution in [0.25, 0.3) is 11.4 Å². The Kier molecular flexibility index (Phi) is 4.41. The van der Waals surface area contributed by atoms with Crippen LogP contribution < -0.4 is 5.73 Å². The SMILES string of the molecule is CCc1ccc(-c2nnnn2CCCCN)cc1. The monoisotopic (exact) mass is 245 g/mol. The first-order valence-corrected chi connectivity index (χ1v) is 6.40. The van der Waals surface area contributed by atoms with E-state index in [1.165, 1.54) is 5.56 Å². The minimum absolute atomic E-state index is 0.711. The molecule has 0 unspecified atom stereocenters. The van der Waals surface area contributed by atoms with Gasteiger partial charge in [-0.05, 0) is 41.8 Å². The largest absolute Gasteiger partial charge is 0.330 e. The molecular formula is C13H19N5. The Hall–Kier alpha value is -1.75. The topological polar surface area (TPSA) is 69.6 Å². The average molecular weight is 245 g/mol. The van der Waals surface area contributed by atoms with Crippen LogP contribution in [0.15, 0.2) is 24.3 Å². The van der Waals surface area contributed by atoms with Crippen LogP contribution in [0.3, 0.4) is 0 Å². The maximum absolute atomic E-state index is 5.49. The molecule has 5 nitrogen and oxygen atoms in total. The molecule has 0 radical (unpaired) electrons. The molecule has 2 aromatic rings. The van der Waals surface area contributed by atoms with Crippen molar-refractivity contribution in [3.05, 3.63) is 29.8 Å². The van der Waals surface area contributed by atoms with Gasteiger partial charge in [0.05, 0.1) is 0 Å². The van der Waals surface area contributed by atoms with Crippen LogP contribution in [-0.2, 0) is 13.0 Å². The van der Waals surface area contributed by atoms with Gasteiger partial charge in [-0.25, -0.2) is 4.68 Å². The highest BCUT2D eigenvalue weighted by Crippen LogP contribution is 2.17. The van der Waals surface area contributed by atoms with E-state index >= 15 is 0 Å². The Labute approximate surface area is 107 Å². The molecule has 0 amide bonds. The van der Waals surface area contributed by atoms with Crippen LogP contribution >= 0.6 is 0 Å². The summed E-state index contributed by atoms with van der Waals surface area (Å²) in [5, 5.41) is 11.9. The van der Waals surface area contributed by atoms with Gasteiger partial charge >= 0.3 is 0 Å². The lowest BCUT2D eigenvalue weighted by Gasteiger charge is -2.04. The van der Waals surface area contributed by atoms with Crippen LogP contribution in [0.4, 0.5) is 0 Å². The van der Waals surface area contributed by atoms with Gasteiger partial charge in [-0.15, -0.1) is 5.10 Å². The van der Waals surface area contributed by atoms with Crippen molar-refractivity contribution in [2.75, 3.05) is 6.54 Å². The van der Waals surface area contributed by atoms with Gasteiger partial charge in [0.1, 0.15) is 0 Å². The van der Waals surface area contributed by atoms with Crippen LogP contribution in [0.1, 0.15) is 25.3 Å². The third kappa shape index (κ3) is 2.92. The maximum Gasteiger partial charge on any atom is 0.182 e. The molecule has 0 bridgehead atoms. The van der Waals surface area contributed by atoms with E-state index < -0.39 is 0 Å². The molecule has 0 spiro atoms. The first kappa shape index (κ1) is 12.7. The van der Waals surface area contributed by atoms with Crippen molar-refractivity contribution in [2.24, 2.45) is 5.73 Å². The molecule has 0 fully saturated rings. The molecule has 0 aliphatic carbocycles. The van der Waals surface area contributed by atoms with Gasteiger partial charge in [0.15, 0.2) is 5.82 Å². The summed E-state index contributed by atoms with van der Waals surface area (Å²) in [5.41, 5.74) is 7.87. The summed E-state index contributed by atoms with van der Waals surface area (Å²) < 4.78 is 1.84. The lowest BCUT2D eigenvalue weighted by molar-refractivity contribution is 0.548. The van der Waals surface area contributed by atoms with E-state index in [1.807, 2.05) is 4.68 Å². The molecule has 1 aromatic carbocycles. The zero-order chi connectivity index (χ0) is 12.8. The minimum Gasteiger partial charge on any atom is -0.330 e. The Balaban J connectivity index is 2.14. The van der Waals surface area contributed by atoms with Crippen molar-refractivity contribution in [3.8, 4) is 11.4 Å². The zero-order valence-corrected chi connectivity index (χ0v) is 10.7. The second-order valence-electron chi connectivity index (χ2n) is 4.27. The van der Waals surface area contributed by atoms with E-state index in [9.17, 15) is 0 Å². The number of aryl methyl sites for hydroxylation is 2. The summed E-state index contributed by atoms with van der Waals surface area (Å²) in [6.07, 6.45) is 3.04. The van der Waals surface area contributed by atoms with E-state index in [-0.39, 0.29) is 0 Å². The van der Waals surface area contributed by atoms with Gasteiger partial charge in [0, 0.05) is 12.1 Å². The van der Waals surface area contributed by atoms with E-state index in [1.54, 1.807) is 0 Å². The number of tetrazole rings is 1. The summed E-state index contributed by atoms with van der Waals surface area (Å²) in [6.45, 7) is 3.67. The molecule has 5 heteroatoms. The van der Waals surface area contributed by atoms with Crippen LogP contribution in [0, 0.1) is 0 Å². The molecule has 0 aliphatic rings. The van der Waals surface area contributed by atoms with Crippen molar-refractivity contribution in [2.45, 2.75) is 32.7 Å². The van der Waals surface area contributed by atoms with Gasteiger partial charge < -0.3 is 5.73 Å². The van der Waals surface area contributed by atoms with Gasteiger partial charge in [0.25, 0.3) is 0 Å². The van der Waals surface area contributed by atoms with Crippen molar-refractivity contribution >= 4 is 0 Å². The highest BCUT2D eigenvalue weighted by molar-refractivity contribution is 5.54. The second-order valence-corrected chi connectivity index (χ2v) is 4.27. The van der Waals surface area contributed by atoms with Crippen molar-refractivity contribution in [1.82, 2.24) is 20.2 Å². The number of rotatable bonds is 6. The van der Waals surface area contributed by atoms with E-state index in [4.69, 9.17) is 5.73 Å². The Morgan fingerprint density at radius 2 is 1.94 bits per heavy atom. The van der Waals surface area contributed by atoms with E-state index in [0.29, 0.717) is 6.54 Å². The molecule has 1 heterocycles. The predicted octanol–water partition coefficient (Wildman–Crippen LogP) is 1.64. The highest BCUT2D eigenvalue weighted by Gasteiger charge is 2.08. The van der Waals surface area contributed by atoms with E-state index in [0.717, 1.165) is 37.2 Å². The molecule has 0 aliphatic heterocycles. The summed E-state index contributed by atoms with van der Waals surface area (Å²) in [7, 11) is 0. The second kappa shape index (κ2) is 6.26. The van der Waals surface area contributed by atoms with Crippen molar-refractivity contribution in [1.29, 1.82) is 0 Å². The van der Waals surface area contributed by atoms with Crippen LogP contribution in [0.5, 0.6) is 0 Å². The fourth-order valence-electron chi connectivity index (χ4n) is 1.86. The lowest BCUT2D eigenvalue weighted by Crippen LogP contribution is -2.06. The molecule has 1 aromatic heterocycles. The third-order valence-corrected chi connectivity index (χ3v) is 2.98. The van der Waals surface area contributed by atoms with Gasteiger partial charge in [0.2, 0.25) is 0 Å². The number of nitrogens with two attached hydrogens (primary N) is 1. The standard InChI is InChI=1S/C13H19N5/c1-2-11-5-7-12(8-6-11)13-15-16-17-18(13)10-4-3-9-14/h5-8H,2-4,9-10,14H2,1H3. The number of benzene rings is 1. The zero-order valence-electron chi connectivity index (χ0n) is 10.7. The third-order valence-electron chi connectivity index (χ3n) is 2.98. The summed E-state index contributed by atoms with van der Waals surface area (Å²) >= 11 is 0. The highest BCUT2D eigenvalue weighted by atomic mass is 15.5. The minimum atomic E-state index is 0.711. The van der Waals surface area contributed by atoms with Crippen LogP contribution in [0.2, 0.25) is 0 Å². The molecule has 0 atom stereocenters. The molecule has 96 valence electrons. The molecule has 0 saturated carbocycles. The maximum atomic E-state index is 5.49. The molecular weight excluding hydrogens is 226 g/mol. The number of unbranched alkanes of at least 4 members (excludes halogenated alkanes) is 1. The fraction of sp³-hybridized carbons (Fsp3) is 0.462. The van der Waals surface area contributed by atoms with Gasteiger partial charge in [-0.3, -0.25) is 0 Å². The number of hydrogen-bond acceptors (Lipinski definition) is 4. The summed E-state index contributed by atoms with van der Waals surface area (Å²) in [6, 6.07) is 8.39. The molecule has 2 rings (SSSR count). The molecule has 18 heavy (non-hydrogen) atoms. The van der Waals surface area contributed by atoms with Crippen molar-refractivity contribution in [3.63, 3.8) is 0 Å². The Morgan fingerprint density at radius 1 is 1.17 bits per heavy atom. The Morgan fingerprint density at radius 3 is 2.61 bits per heavy atom. The van der Waals surface area contributed by atoms with Crippen molar-refractivity contribution < 1.29 is 0 Å². The van der Waals surface area contributed by atoms with E-state index in [2.05, 4.69) is 46.7 Å². The van der Waals surface area contributed by atoms with Gasteiger partial charge in [-0.2, -0.15) is 0 Å².